The van der Waals surface area contributed by atoms with Gasteiger partial charge in [-0.05, 0) is 4.92 Å². The van der Waals surface area contributed by atoms with Crippen molar-refractivity contribution in [2.24, 2.45) is 0 Å². The Balaban J connectivity index is 2.59. The molecule has 0 aliphatic carbocycles. The molecule has 0 aromatic carbocycles. The van der Waals surface area contributed by atoms with E-state index in [1.165, 1.54) is 18.1 Å². The van der Waals surface area contributed by atoms with E-state index in [0.29, 0.717) is 0 Å². The van der Waals surface area contributed by atoms with Crippen LogP contribution in [0, 0.1) is 10.1 Å². The number of nitrogens with zero attached hydrogens (tertiary/aromatic N) is 4. The third-order valence-electron chi connectivity index (χ3n) is 1.66. The van der Waals surface area contributed by atoms with Crippen LogP contribution in [0.4, 0.5) is 9.83 Å². The van der Waals surface area contributed by atoms with Gasteiger partial charge in [0.1, 0.15) is 0 Å². The van der Waals surface area contributed by atoms with Crippen LogP contribution in [0.3, 0.4) is 0 Å². The molecule has 1 aromatic heterocycles. The van der Waals surface area contributed by atoms with Gasteiger partial charge in [0.05, 0.1) is 18.4 Å². The maximum atomic E-state index is 11.9. The summed E-state index contributed by atoms with van der Waals surface area (Å²) in [7, 11) is 1.44. The lowest BCUT2D eigenvalue weighted by Crippen LogP contribution is -2.21. The molecule has 1 unspecified atom stereocenters. The van der Waals surface area contributed by atoms with Crippen molar-refractivity contribution in [3.8, 4) is 0 Å². The van der Waals surface area contributed by atoms with Gasteiger partial charge in [0.15, 0.2) is 0 Å². The summed E-state index contributed by atoms with van der Waals surface area (Å²) in [5.41, 5.74) is 0. The number of nitro groups is 1. The van der Waals surface area contributed by atoms with Crippen LogP contribution in [-0.2, 0) is 11.3 Å². The van der Waals surface area contributed by atoms with Gasteiger partial charge in [-0.25, -0.2) is 0 Å². The molecular weight excluding hydrogens is 227 g/mol. The minimum Gasteiger partial charge on any atom is -0.390 e. The van der Waals surface area contributed by atoms with E-state index in [1.807, 2.05) is 0 Å². The number of halogens is 1. The summed E-state index contributed by atoms with van der Waals surface area (Å²) in [4.78, 5) is 13.0. The minimum atomic E-state index is -0.692. The Morgan fingerprint density at radius 3 is 3.07 bits per heavy atom. The Bertz CT molecular complexity index is 334. The van der Waals surface area contributed by atoms with Crippen molar-refractivity contribution in [1.29, 1.82) is 0 Å². The lowest BCUT2D eigenvalue weighted by molar-refractivity contribution is -0.394. The third-order valence-corrected chi connectivity index (χ3v) is 2.16. The van der Waals surface area contributed by atoms with E-state index in [0.717, 1.165) is 0 Å². The molecule has 7 nitrogen and oxygen atoms in total. The van der Waals surface area contributed by atoms with Crippen LogP contribution in [0.5, 0.6) is 0 Å². The Hall–Kier alpha value is -1.22. The summed E-state index contributed by atoms with van der Waals surface area (Å²) >= 11 is 0.146. The smallest absolute Gasteiger partial charge is 0.390 e. The molecule has 0 amide bonds. The number of ether oxygens (including phenoxy) is 1. The first-order valence-corrected chi connectivity index (χ1v) is 4.86. The highest BCUT2D eigenvalue weighted by molar-refractivity contribution is 7.94. The lowest BCUT2D eigenvalue weighted by Gasteiger charge is -2.09. The number of aromatic nitrogens is 3. The van der Waals surface area contributed by atoms with E-state index < -0.39 is 10.9 Å². The van der Waals surface area contributed by atoms with E-state index in [2.05, 4.69) is 10.1 Å². The van der Waals surface area contributed by atoms with Crippen LogP contribution in [-0.4, -0.2) is 38.7 Å². The van der Waals surface area contributed by atoms with Crippen LogP contribution in [0.2, 0.25) is 0 Å². The summed E-state index contributed by atoms with van der Waals surface area (Å²) in [5.74, 6) is -0.331. The summed E-state index contributed by atoms with van der Waals surface area (Å²) in [5, 5.41) is 13.8. The zero-order chi connectivity index (χ0) is 11.3. The topological polar surface area (TPSA) is 83.1 Å². The molecule has 0 aliphatic heterocycles. The maximum absolute atomic E-state index is 11.9. The van der Waals surface area contributed by atoms with Crippen LogP contribution in [0.25, 0.3) is 0 Å². The molecule has 0 bridgehead atoms. The van der Waals surface area contributed by atoms with Gasteiger partial charge in [-0.3, -0.25) is 0 Å². The molecule has 9 heteroatoms. The van der Waals surface area contributed by atoms with Gasteiger partial charge < -0.3 is 14.9 Å². The minimum absolute atomic E-state index is 0.143. The zero-order valence-electron chi connectivity index (χ0n) is 7.87. The average Bonchev–Trinajstić information content (AvgIpc) is 2.65. The van der Waals surface area contributed by atoms with E-state index in [1.54, 1.807) is 0 Å². The zero-order valence-corrected chi connectivity index (χ0v) is 8.69. The molecule has 15 heavy (non-hydrogen) atoms. The van der Waals surface area contributed by atoms with Crippen molar-refractivity contribution in [3.05, 3.63) is 16.4 Å². The first-order chi connectivity index (χ1) is 7.17. The average molecular weight is 236 g/mol. The predicted octanol–water partition coefficient (Wildman–Crippen LogP) is 0.819. The molecule has 0 aliphatic rings. The second-order valence-electron chi connectivity index (χ2n) is 2.66. The van der Waals surface area contributed by atoms with Crippen molar-refractivity contribution < 1.29 is 13.5 Å². The summed E-state index contributed by atoms with van der Waals surface area (Å²) in [6.07, 6.45) is 0.828. The normalized spacial score (nSPS) is 12.7. The summed E-state index contributed by atoms with van der Waals surface area (Å²) in [6, 6.07) is 0. The van der Waals surface area contributed by atoms with Gasteiger partial charge in [0, 0.05) is 24.4 Å². The van der Waals surface area contributed by atoms with E-state index in [4.69, 9.17) is 4.74 Å². The number of hydrogen-bond donors (Lipinski definition) is 0. The van der Waals surface area contributed by atoms with Crippen LogP contribution < -0.4 is 0 Å². The molecule has 1 aromatic rings. The van der Waals surface area contributed by atoms with Crippen molar-refractivity contribution in [2.75, 3.05) is 12.9 Å². The first kappa shape index (κ1) is 11.9. The van der Waals surface area contributed by atoms with E-state index in [9.17, 15) is 14.0 Å². The Kier molecular flexibility index (Phi) is 4.43. The van der Waals surface area contributed by atoms with Crippen molar-refractivity contribution in [3.63, 3.8) is 0 Å². The molecule has 0 N–H and O–H groups in total. The second kappa shape index (κ2) is 5.61. The fraction of sp³-hybridized carbons (Fsp3) is 0.667. The van der Waals surface area contributed by atoms with Crippen LogP contribution in [0.15, 0.2) is 6.33 Å². The molecular formula is C6H9FN4O3S. The summed E-state index contributed by atoms with van der Waals surface area (Å²) < 4.78 is 18.1. The molecule has 1 rings (SSSR count). The van der Waals surface area contributed by atoms with Gasteiger partial charge in [-0.1, -0.05) is 4.98 Å². The Labute approximate surface area is 89.1 Å². The number of rotatable bonds is 6. The van der Waals surface area contributed by atoms with Crippen LogP contribution >= 0.6 is 12.1 Å². The number of methoxy groups -OCH3 is 1. The highest BCUT2D eigenvalue weighted by Gasteiger charge is 2.16. The highest BCUT2D eigenvalue weighted by Crippen LogP contribution is 2.08. The van der Waals surface area contributed by atoms with Crippen molar-refractivity contribution in [2.45, 2.75) is 12.6 Å². The predicted molar refractivity (Wildman–Crippen MR) is 51.0 cm³/mol. The maximum Gasteiger partial charge on any atom is 0.490 e. The summed E-state index contributed by atoms with van der Waals surface area (Å²) in [6.45, 7) is 0.230. The monoisotopic (exact) mass is 236 g/mol. The molecule has 0 spiro atoms. The number of hydrogen-bond acceptors (Lipinski definition) is 6. The van der Waals surface area contributed by atoms with Gasteiger partial charge in [-0.2, -0.15) is 8.57 Å². The van der Waals surface area contributed by atoms with Gasteiger partial charge >= 0.3 is 5.95 Å². The van der Waals surface area contributed by atoms with E-state index >= 15 is 0 Å². The SMILES string of the molecule is COC(CSF)Cn1cnc([N+](=O)[O-])n1. The fourth-order valence-corrected chi connectivity index (χ4v) is 1.31. The standard InChI is InChI=1S/C6H9FN4O3S/c1-14-5(3-15-7)2-10-4-8-6(9-10)11(12)13/h4-5H,2-3H2,1H3. The van der Waals surface area contributed by atoms with Gasteiger partial charge in [-0.15, -0.1) is 0 Å². The quantitative estimate of drug-likeness (QED) is 0.537. The van der Waals surface area contributed by atoms with Crippen molar-refractivity contribution in [1.82, 2.24) is 14.8 Å². The van der Waals surface area contributed by atoms with Crippen LogP contribution in [0.1, 0.15) is 0 Å². The van der Waals surface area contributed by atoms with Gasteiger partial charge in [0.25, 0.3) is 0 Å². The molecule has 0 fully saturated rings. The molecule has 0 saturated heterocycles. The Morgan fingerprint density at radius 2 is 2.60 bits per heavy atom. The molecule has 1 atom stereocenters. The third kappa shape index (κ3) is 3.44. The molecule has 0 saturated carbocycles. The van der Waals surface area contributed by atoms with Gasteiger partial charge in [0.2, 0.25) is 6.33 Å². The molecule has 0 radical (unpaired) electrons. The second-order valence-corrected chi connectivity index (χ2v) is 3.21. The first-order valence-electron chi connectivity index (χ1n) is 3.97. The molecule has 1 heterocycles. The van der Waals surface area contributed by atoms with Crippen molar-refractivity contribution >= 4 is 18.1 Å². The molecule has 84 valence electrons. The van der Waals surface area contributed by atoms with E-state index in [-0.39, 0.29) is 30.5 Å². The Morgan fingerprint density at radius 1 is 1.87 bits per heavy atom. The fourth-order valence-electron chi connectivity index (χ4n) is 0.931. The highest BCUT2D eigenvalue weighted by atomic mass is 32.2. The largest absolute Gasteiger partial charge is 0.490 e. The lowest BCUT2D eigenvalue weighted by atomic mass is 10.4.